The fourth-order valence-electron chi connectivity index (χ4n) is 3.29. The summed E-state index contributed by atoms with van der Waals surface area (Å²) in [5.74, 6) is 1.02. The molecule has 0 bridgehead atoms. The van der Waals surface area contributed by atoms with Gasteiger partial charge in [0.05, 0.1) is 35.0 Å². The number of nitrogens with zero attached hydrogens (tertiary/aromatic N) is 1. The van der Waals surface area contributed by atoms with Crippen molar-refractivity contribution in [2.24, 2.45) is 0 Å². The normalized spacial score (nSPS) is 13.2. The predicted octanol–water partition coefficient (Wildman–Crippen LogP) is 4.60. The van der Waals surface area contributed by atoms with E-state index in [0.717, 1.165) is 28.5 Å². The third kappa shape index (κ3) is 3.76. The summed E-state index contributed by atoms with van der Waals surface area (Å²) in [6.45, 7) is 5.36. The molecule has 5 nitrogen and oxygen atoms in total. The smallest absolute Gasteiger partial charge is 0.253 e. The SMILES string of the molecule is Cc1ccc2nc(C)c(C(=O)NCc3cc(Cl)c4c(c3)OCCCO4)cc2c1. The Bertz CT molecular complexity index is 1070. The van der Waals surface area contributed by atoms with Gasteiger partial charge in [0.1, 0.15) is 0 Å². The highest BCUT2D eigenvalue weighted by Crippen LogP contribution is 2.38. The van der Waals surface area contributed by atoms with Gasteiger partial charge in [-0.2, -0.15) is 0 Å². The Morgan fingerprint density at radius 3 is 2.82 bits per heavy atom. The zero-order valence-corrected chi connectivity index (χ0v) is 16.6. The number of benzene rings is 2. The first-order chi connectivity index (χ1) is 13.5. The van der Waals surface area contributed by atoms with Crippen molar-refractivity contribution in [2.45, 2.75) is 26.8 Å². The molecule has 1 aromatic heterocycles. The summed E-state index contributed by atoms with van der Waals surface area (Å²) in [5.41, 5.74) is 4.13. The van der Waals surface area contributed by atoms with Gasteiger partial charge < -0.3 is 14.8 Å². The van der Waals surface area contributed by atoms with Gasteiger partial charge in [-0.1, -0.05) is 23.2 Å². The molecule has 0 aliphatic carbocycles. The van der Waals surface area contributed by atoms with Crippen LogP contribution in [0.5, 0.6) is 11.5 Å². The van der Waals surface area contributed by atoms with E-state index in [1.807, 2.05) is 44.2 Å². The first-order valence-electron chi connectivity index (χ1n) is 9.25. The van der Waals surface area contributed by atoms with Crippen molar-refractivity contribution in [1.29, 1.82) is 0 Å². The number of halogens is 1. The third-order valence-corrected chi connectivity index (χ3v) is 5.00. The van der Waals surface area contributed by atoms with Gasteiger partial charge in [-0.3, -0.25) is 9.78 Å². The maximum Gasteiger partial charge on any atom is 0.253 e. The quantitative estimate of drug-likeness (QED) is 0.703. The summed E-state index contributed by atoms with van der Waals surface area (Å²) in [7, 11) is 0. The van der Waals surface area contributed by atoms with E-state index in [9.17, 15) is 4.79 Å². The van der Waals surface area contributed by atoms with Crippen molar-refractivity contribution < 1.29 is 14.3 Å². The number of hydrogen-bond acceptors (Lipinski definition) is 4. The Kier molecular flexibility index (Phi) is 5.09. The average Bonchev–Trinajstić information content (AvgIpc) is 2.92. The Morgan fingerprint density at radius 2 is 1.96 bits per heavy atom. The number of ether oxygens (including phenoxy) is 2. The highest BCUT2D eigenvalue weighted by atomic mass is 35.5. The van der Waals surface area contributed by atoms with Crippen LogP contribution in [-0.4, -0.2) is 24.1 Å². The monoisotopic (exact) mass is 396 g/mol. The highest BCUT2D eigenvalue weighted by molar-refractivity contribution is 6.32. The van der Waals surface area contributed by atoms with Crippen molar-refractivity contribution in [3.8, 4) is 11.5 Å². The van der Waals surface area contributed by atoms with Crippen LogP contribution in [-0.2, 0) is 6.54 Å². The number of nitrogens with one attached hydrogen (secondary N) is 1. The second-order valence-corrected chi connectivity index (χ2v) is 7.36. The van der Waals surface area contributed by atoms with Gasteiger partial charge in [-0.05, 0) is 49.7 Å². The van der Waals surface area contributed by atoms with Crippen LogP contribution >= 0.6 is 11.6 Å². The predicted molar refractivity (Wildman–Crippen MR) is 109 cm³/mol. The van der Waals surface area contributed by atoms with E-state index in [1.165, 1.54) is 0 Å². The largest absolute Gasteiger partial charge is 0.489 e. The molecule has 0 unspecified atom stereocenters. The molecule has 4 rings (SSSR count). The number of aromatic nitrogens is 1. The van der Waals surface area contributed by atoms with E-state index in [-0.39, 0.29) is 5.91 Å². The molecule has 0 atom stereocenters. The summed E-state index contributed by atoms with van der Waals surface area (Å²) in [5, 5.41) is 4.39. The van der Waals surface area contributed by atoms with Crippen LogP contribution in [0.2, 0.25) is 5.02 Å². The summed E-state index contributed by atoms with van der Waals surface area (Å²) < 4.78 is 11.4. The molecule has 0 spiro atoms. The Labute approximate surface area is 168 Å². The zero-order chi connectivity index (χ0) is 19.7. The van der Waals surface area contributed by atoms with E-state index in [4.69, 9.17) is 21.1 Å². The molecule has 0 saturated heterocycles. The molecule has 2 heterocycles. The Hall–Kier alpha value is -2.79. The number of pyridine rings is 1. The minimum atomic E-state index is -0.170. The number of carbonyl (C=O) groups excluding carboxylic acids is 1. The molecule has 144 valence electrons. The molecule has 1 amide bonds. The van der Waals surface area contributed by atoms with Crippen LogP contribution in [0.25, 0.3) is 10.9 Å². The van der Waals surface area contributed by atoms with Gasteiger partial charge in [0.25, 0.3) is 5.91 Å². The summed E-state index contributed by atoms with van der Waals surface area (Å²) in [6.07, 6.45) is 0.810. The molecule has 0 radical (unpaired) electrons. The van der Waals surface area contributed by atoms with Crippen LogP contribution < -0.4 is 14.8 Å². The lowest BCUT2D eigenvalue weighted by Gasteiger charge is -2.13. The van der Waals surface area contributed by atoms with Gasteiger partial charge in [-0.15, -0.1) is 0 Å². The number of hydrogen-bond donors (Lipinski definition) is 1. The van der Waals surface area contributed by atoms with Crippen molar-refractivity contribution in [2.75, 3.05) is 13.2 Å². The first-order valence-corrected chi connectivity index (χ1v) is 9.63. The van der Waals surface area contributed by atoms with Gasteiger partial charge in [0, 0.05) is 18.4 Å². The Balaban J connectivity index is 1.55. The summed E-state index contributed by atoms with van der Waals surface area (Å²) in [6, 6.07) is 11.6. The van der Waals surface area contributed by atoms with E-state index in [1.54, 1.807) is 6.07 Å². The van der Waals surface area contributed by atoms with E-state index in [2.05, 4.69) is 10.3 Å². The van der Waals surface area contributed by atoms with Crippen LogP contribution in [0.3, 0.4) is 0 Å². The second kappa shape index (κ2) is 7.68. The maximum atomic E-state index is 12.8. The number of rotatable bonds is 3. The van der Waals surface area contributed by atoms with Gasteiger partial charge in [0.15, 0.2) is 11.5 Å². The van der Waals surface area contributed by atoms with Crippen molar-refractivity contribution in [1.82, 2.24) is 10.3 Å². The number of amides is 1. The first kappa shape index (κ1) is 18.6. The fraction of sp³-hybridized carbons (Fsp3) is 0.273. The number of carbonyl (C=O) groups is 1. The lowest BCUT2D eigenvalue weighted by Crippen LogP contribution is -2.24. The molecule has 1 N–H and O–H groups in total. The van der Waals surface area contributed by atoms with Crippen LogP contribution in [0.4, 0.5) is 0 Å². The van der Waals surface area contributed by atoms with Gasteiger partial charge >= 0.3 is 0 Å². The zero-order valence-electron chi connectivity index (χ0n) is 15.8. The van der Waals surface area contributed by atoms with Crippen molar-refractivity contribution >= 4 is 28.4 Å². The summed E-state index contributed by atoms with van der Waals surface area (Å²) >= 11 is 6.33. The van der Waals surface area contributed by atoms with Crippen LogP contribution in [0, 0.1) is 13.8 Å². The van der Waals surface area contributed by atoms with Gasteiger partial charge in [-0.25, -0.2) is 0 Å². The molecule has 0 saturated carbocycles. The Morgan fingerprint density at radius 1 is 1.14 bits per heavy atom. The van der Waals surface area contributed by atoms with Crippen LogP contribution in [0.15, 0.2) is 36.4 Å². The van der Waals surface area contributed by atoms with Crippen LogP contribution in [0.1, 0.15) is 33.6 Å². The third-order valence-electron chi connectivity index (χ3n) is 4.72. The molecular formula is C22H21ClN2O3. The molecule has 28 heavy (non-hydrogen) atoms. The maximum absolute atomic E-state index is 12.8. The lowest BCUT2D eigenvalue weighted by atomic mass is 10.1. The molecule has 0 fully saturated rings. The van der Waals surface area contributed by atoms with E-state index >= 15 is 0 Å². The molecule has 1 aliphatic rings. The molecular weight excluding hydrogens is 376 g/mol. The van der Waals surface area contributed by atoms with Gasteiger partial charge in [0.2, 0.25) is 0 Å². The lowest BCUT2D eigenvalue weighted by molar-refractivity contribution is 0.0950. The molecule has 1 aliphatic heterocycles. The molecule has 6 heteroatoms. The topological polar surface area (TPSA) is 60.5 Å². The number of fused-ring (bicyclic) bond motifs is 2. The summed E-state index contributed by atoms with van der Waals surface area (Å²) in [4.78, 5) is 17.3. The molecule has 2 aromatic carbocycles. The molecule has 3 aromatic rings. The van der Waals surface area contributed by atoms with E-state index in [0.29, 0.717) is 47.5 Å². The standard InChI is InChI=1S/C22H21ClN2O3/c1-13-4-5-19-16(8-13)11-17(14(2)25-19)22(26)24-12-15-9-18(23)21-20(10-15)27-6-3-7-28-21/h4-5,8-11H,3,6-7,12H2,1-2H3,(H,24,26). The van der Waals surface area contributed by atoms with E-state index < -0.39 is 0 Å². The minimum Gasteiger partial charge on any atom is -0.489 e. The average molecular weight is 397 g/mol. The number of aryl methyl sites for hydroxylation is 2. The second-order valence-electron chi connectivity index (χ2n) is 6.96. The highest BCUT2D eigenvalue weighted by Gasteiger charge is 2.17. The minimum absolute atomic E-state index is 0.170. The fourth-order valence-corrected chi connectivity index (χ4v) is 3.57. The van der Waals surface area contributed by atoms with Crippen molar-refractivity contribution in [3.05, 3.63) is 63.8 Å². The van der Waals surface area contributed by atoms with Crippen molar-refractivity contribution in [3.63, 3.8) is 0 Å².